The summed E-state index contributed by atoms with van der Waals surface area (Å²) < 4.78 is 5.01. The van der Waals surface area contributed by atoms with Gasteiger partial charge in [-0.15, -0.1) is 0 Å². The number of methoxy groups -OCH3 is 1. The Balaban J connectivity index is 1.75. The first-order valence-electron chi connectivity index (χ1n) is 8.64. The van der Waals surface area contributed by atoms with E-state index in [4.69, 9.17) is 4.74 Å². The SMILES string of the molecule is COCCN(C)CCNC(=O)C=Cc1ccc(N2CCCC2=O)cc1. The van der Waals surface area contributed by atoms with Crippen LogP contribution in [0.5, 0.6) is 0 Å². The summed E-state index contributed by atoms with van der Waals surface area (Å²) in [6.07, 6.45) is 4.86. The van der Waals surface area contributed by atoms with Crippen molar-refractivity contribution in [3.05, 3.63) is 35.9 Å². The second kappa shape index (κ2) is 9.96. The summed E-state index contributed by atoms with van der Waals surface area (Å²) in [5.41, 5.74) is 1.85. The Kier molecular flexibility index (Phi) is 7.63. The monoisotopic (exact) mass is 345 g/mol. The van der Waals surface area contributed by atoms with Crippen LogP contribution in [-0.2, 0) is 14.3 Å². The van der Waals surface area contributed by atoms with Gasteiger partial charge in [0.25, 0.3) is 0 Å². The fraction of sp³-hybridized carbons (Fsp3) is 0.474. The number of hydrogen-bond acceptors (Lipinski definition) is 4. The first-order valence-corrected chi connectivity index (χ1v) is 8.64. The predicted molar refractivity (Wildman–Crippen MR) is 99.4 cm³/mol. The van der Waals surface area contributed by atoms with Gasteiger partial charge in [-0.25, -0.2) is 0 Å². The van der Waals surface area contributed by atoms with Crippen molar-refractivity contribution < 1.29 is 14.3 Å². The molecule has 6 nitrogen and oxygen atoms in total. The molecule has 1 aromatic carbocycles. The van der Waals surface area contributed by atoms with Gasteiger partial charge in [-0.3, -0.25) is 9.59 Å². The van der Waals surface area contributed by atoms with Crippen molar-refractivity contribution in [3.63, 3.8) is 0 Å². The van der Waals surface area contributed by atoms with Crippen LogP contribution in [0, 0.1) is 0 Å². The Morgan fingerprint density at radius 2 is 2.08 bits per heavy atom. The van der Waals surface area contributed by atoms with Gasteiger partial charge >= 0.3 is 0 Å². The van der Waals surface area contributed by atoms with Crippen molar-refractivity contribution >= 4 is 23.6 Å². The second-order valence-electron chi connectivity index (χ2n) is 6.16. The lowest BCUT2D eigenvalue weighted by Crippen LogP contribution is -2.33. The molecule has 1 heterocycles. The van der Waals surface area contributed by atoms with Crippen molar-refractivity contribution in [2.75, 3.05) is 51.8 Å². The normalized spacial score (nSPS) is 14.7. The summed E-state index contributed by atoms with van der Waals surface area (Å²) in [6.45, 7) is 3.69. The van der Waals surface area contributed by atoms with E-state index in [-0.39, 0.29) is 11.8 Å². The molecule has 25 heavy (non-hydrogen) atoms. The van der Waals surface area contributed by atoms with Crippen LogP contribution in [0.2, 0.25) is 0 Å². The van der Waals surface area contributed by atoms with Crippen LogP contribution in [0.4, 0.5) is 5.69 Å². The number of likely N-dealkylation sites (N-methyl/N-ethyl adjacent to an activating group) is 1. The van der Waals surface area contributed by atoms with Crippen LogP contribution in [0.25, 0.3) is 6.08 Å². The van der Waals surface area contributed by atoms with Gasteiger partial charge in [-0.05, 0) is 37.2 Å². The predicted octanol–water partition coefficient (Wildman–Crippen LogP) is 1.52. The number of hydrogen-bond donors (Lipinski definition) is 1. The van der Waals surface area contributed by atoms with Crippen LogP contribution in [0.1, 0.15) is 18.4 Å². The van der Waals surface area contributed by atoms with Crippen molar-refractivity contribution in [1.82, 2.24) is 10.2 Å². The van der Waals surface area contributed by atoms with E-state index in [9.17, 15) is 9.59 Å². The minimum Gasteiger partial charge on any atom is -0.383 e. The quantitative estimate of drug-likeness (QED) is 0.690. The summed E-state index contributed by atoms with van der Waals surface area (Å²) in [7, 11) is 3.67. The molecule has 6 heteroatoms. The molecule has 0 aliphatic carbocycles. The summed E-state index contributed by atoms with van der Waals surface area (Å²) >= 11 is 0. The Hall–Kier alpha value is -2.18. The van der Waals surface area contributed by atoms with E-state index >= 15 is 0 Å². The molecule has 1 fully saturated rings. The maximum atomic E-state index is 11.8. The van der Waals surface area contributed by atoms with Gasteiger partial charge in [0.2, 0.25) is 11.8 Å². The molecule has 0 atom stereocenters. The van der Waals surface area contributed by atoms with Gasteiger partial charge in [-0.1, -0.05) is 12.1 Å². The van der Waals surface area contributed by atoms with Crippen molar-refractivity contribution in [1.29, 1.82) is 0 Å². The second-order valence-corrected chi connectivity index (χ2v) is 6.16. The lowest BCUT2D eigenvalue weighted by molar-refractivity contribution is -0.117. The van der Waals surface area contributed by atoms with Gasteiger partial charge in [0.05, 0.1) is 6.61 Å². The molecule has 0 spiro atoms. The summed E-state index contributed by atoms with van der Waals surface area (Å²) in [4.78, 5) is 27.5. The molecule has 0 saturated carbocycles. The lowest BCUT2D eigenvalue weighted by atomic mass is 10.2. The zero-order valence-corrected chi connectivity index (χ0v) is 15.0. The smallest absolute Gasteiger partial charge is 0.244 e. The fourth-order valence-corrected chi connectivity index (χ4v) is 2.65. The minimum absolute atomic E-state index is 0.112. The first kappa shape index (κ1) is 19.1. The molecule has 2 rings (SSSR count). The molecular weight excluding hydrogens is 318 g/mol. The Bertz CT molecular complexity index is 598. The molecule has 1 saturated heterocycles. The third kappa shape index (κ3) is 6.32. The molecular formula is C19H27N3O3. The molecule has 2 amide bonds. The van der Waals surface area contributed by atoms with Crippen LogP contribution >= 0.6 is 0 Å². The maximum Gasteiger partial charge on any atom is 0.244 e. The molecule has 0 radical (unpaired) electrons. The van der Waals surface area contributed by atoms with Crippen molar-refractivity contribution in [2.45, 2.75) is 12.8 Å². The number of carbonyl (C=O) groups is 2. The number of benzene rings is 1. The maximum absolute atomic E-state index is 11.8. The highest BCUT2D eigenvalue weighted by atomic mass is 16.5. The number of amides is 2. The van der Waals surface area contributed by atoms with Gasteiger partial charge in [-0.2, -0.15) is 0 Å². The van der Waals surface area contributed by atoms with E-state index in [0.29, 0.717) is 19.6 Å². The molecule has 1 N–H and O–H groups in total. The number of anilines is 1. The third-order valence-corrected chi connectivity index (χ3v) is 4.18. The van der Waals surface area contributed by atoms with E-state index < -0.39 is 0 Å². The third-order valence-electron chi connectivity index (χ3n) is 4.18. The highest BCUT2D eigenvalue weighted by molar-refractivity contribution is 5.95. The number of nitrogens with one attached hydrogen (secondary N) is 1. The van der Waals surface area contributed by atoms with E-state index in [0.717, 1.165) is 37.3 Å². The van der Waals surface area contributed by atoms with Gasteiger partial charge in [0, 0.05) is 51.5 Å². The van der Waals surface area contributed by atoms with Crippen LogP contribution in [0.15, 0.2) is 30.3 Å². The fourth-order valence-electron chi connectivity index (χ4n) is 2.65. The Labute approximate surface area is 149 Å². The molecule has 1 aliphatic rings. The molecule has 1 aliphatic heterocycles. The first-order chi connectivity index (χ1) is 12.1. The molecule has 0 aromatic heterocycles. The van der Waals surface area contributed by atoms with Gasteiger partial charge in [0.1, 0.15) is 0 Å². The van der Waals surface area contributed by atoms with Gasteiger partial charge < -0.3 is 19.9 Å². The molecule has 0 bridgehead atoms. The van der Waals surface area contributed by atoms with Gasteiger partial charge in [0.15, 0.2) is 0 Å². The van der Waals surface area contributed by atoms with Crippen molar-refractivity contribution in [3.8, 4) is 0 Å². The topological polar surface area (TPSA) is 61.9 Å². The summed E-state index contributed by atoms with van der Waals surface area (Å²) in [5.74, 6) is 0.0667. The number of ether oxygens (including phenoxy) is 1. The Morgan fingerprint density at radius 1 is 1.32 bits per heavy atom. The molecule has 0 unspecified atom stereocenters. The minimum atomic E-state index is -0.112. The highest BCUT2D eigenvalue weighted by Crippen LogP contribution is 2.21. The number of nitrogens with zero attached hydrogens (tertiary/aromatic N) is 2. The Morgan fingerprint density at radius 3 is 2.72 bits per heavy atom. The zero-order valence-electron chi connectivity index (χ0n) is 15.0. The van der Waals surface area contributed by atoms with E-state index in [1.54, 1.807) is 18.1 Å². The van der Waals surface area contributed by atoms with E-state index in [1.165, 1.54) is 6.08 Å². The van der Waals surface area contributed by atoms with Crippen molar-refractivity contribution in [2.24, 2.45) is 0 Å². The van der Waals surface area contributed by atoms with Crippen LogP contribution in [0.3, 0.4) is 0 Å². The molecule has 136 valence electrons. The van der Waals surface area contributed by atoms with E-state index in [2.05, 4.69) is 10.2 Å². The number of rotatable bonds is 9. The largest absolute Gasteiger partial charge is 0.383 e. The molecule has 1 aromatic rings. The van der Waals surface area contributed by atoms with E-state index in [1.807, 2.05) is 31.3 Å². The average Bonchev–Trinajstić information content (AvgIpc) is 3.04. The zero-order chi connectivity index (χ0) is 18.1. The van der Waals surface area contributed by atoms with Crippen LogP contribution in [-0.4, -0.2) is 63.7 Å². The highest BCUT2D eigenvalue weighted by Gasteiger charge is 2.21. The average molecular weight is 345 g/mol. The summed E-state index contributed by atoms with van der Waals surface area (Å²) in [5, 5.41) is 2.86. The summed E-state index contributed by atoms with van der Waals surface area (Å²) in [6, 6.07) is 7.68. The lowest BCUT2D eigenvalue weighted by Gasteiger charge is -2.15. The van der Waals surface area contributed by atoms with Crippen LogP contribution < -0.4 is 10.2 Å². The standard InChI is InChI=1S/C19H27N3O3/c1-21(14-15-25-2)13-11-20-18(23)10-7-16-5-8-17(9-6-16)22-12-3-4-19(22)24/h5-10H,3-4,11-15H2,1-2H3,(H,20,23). The number of carbonyl (C=O) groups excluding carboxylic acids is 2.